The number of ether oxygens (including phenoxy) is 1. The minimum Gasteiger partial charge on any atom is -0.507 e. The largest absolute Gasteiger partial charge is 0.507 e. The summed E-state index contributed by atoms with van der Waals surface area (Å²) < 4.78 is 5.29. The predicted molar refractivity (Wildman–Crippen MR) is 78.5 cm³/mol. The molecular weight excluding hydrogens is 252 g/mol. The third-order valence-corrected chi connectivity index (χ3v) is 3.15. The van der Waals surface area contributed by atoms with Crippen LogP contribution in [0.4, 0.5) is 0 Å². The molecule has 0 fully saturated rings. The first-order valence-electron chi connectivity index (χ1n) is 6.75. The van der Waals surface area contributed by atoms with Crippen LogP contribution in [0.2, 0.25) is 0 Å². The molecule has 3 nitrogen and oxygen atoms in total. The summed E-state index contributed by atoms with van der Waals surface area (Å²) in [7, 11) is 0. The van der Waals surface area contributed by atoms with Gasteiger partial charge in [-0.1, -0.05) is 31.2 Å². The monoisotopic (exact) mass is 270 g/mol. The Morgan fingerprint density at radius 2 is 1.80 bits per heavy atom. The van der Waals surface area contributed by atoms with Gasteiger partial charge < -0.3 is 9.84 Å². The number of carbonyl (C=O) groups is 1. The Morgan fingerprint density at radius 3 is 2.35 bits per heavy atom. The van der Waals surface area contributed by atoms with E-state index < -0.39 is 0 Å². The summed E-state index contributed by atoms with van der Waals surface area (Å²) in [6.45, 7) is 4.45. The summed E-state index contributed by atoms with van der Waals surface area (Å²) in [6, 6.07) is 12.2. The Hall–Kier alpha value is -2.29. The van der Waals surface area contributed by atoms with Crippen molar-refractivity contribution in [3.63, 3.8) is 0 Å². The van der Waals surface area contributed by atoms with E-state index >= 15 is 0 Å². The van der Waals surface area contributed by atoms with E-state index in [1.54, 1.807) is 24.3 Å². The molecule has 0 saturated carbocycles. The maximum absolute atomic E-state index is 12.3. The fourth-order valence-corrected chi connectivity index (χ4v) is 2.01. The second-order valence-corrected chi connectivity index (χ2v) is 4.49. The zero-order valence-corrected chi connectivity index (χ0v) is 11.7. The van der Waals surface area contributed by atoms with E-state index in [9.17, 15) is 9.90 Å². The number of rotatable bonds is 5. The minimum atomic E-state index is -0.187. The highest BCUT2D eigenvalue weighted by molar-refractivity contribution is 6.10. The minimum absolute atomic E-state index is 0.0551. The van der Waals surface area contributed by atoms with Crippen molar-refractivity contribution in [2.45, 2.75) is 20.3 Å². The molecule has 0 aromatic heterocycles. The van der Waals surface area contributed by atoms with Crippen LogP contribution >= 0.6 is 0 Å². The molecule has 0 spiro atoms. The number of phenolic OH excluding ortho intramolecular Hbond substituents is 1. The highest BCUT2D eigenvalue weighted by Gasteiger charge is 2.14. The normalized spacial score (nSPS) is 10.3. The lowest BCUT2D eigenvalue weighted by Crippen LogP contribution is -2.02. The Kier molecular flexibility index (Phi) is 4.41. The van der Waals surface area contributed by atoms with Crippen LogP contribution in [-0.2, 0) is 6.42 Å². The number of aryl methyl sites for hydroxylation is 1. The lowest BCUT2D eigenvalue weighted by Gasteiger charge is -2.08. The molecule has 2 rings (SSSR count). The molecule has 0 bridgehead atoms. The van der Waals surface area contributed by atoms with Gasteiger partial charge in [0.1, 0.15) is 11.5 Å². The molecule has 104 valence electrons. The molecule has 2 aromatic carbocycles. The Bertz CT molecular complexity index is 600. The van der Waals surface area contributed by atoms with Gasteiger partial charge in [0, 0.05) is 11.6 Å². The molecule has 0 atom stereocenters. The summed E-state index contributed by atoms with van der Waals surface area (Å²) in [4.78, 5) is 12.3. The quantitative estimate of drug-likeness (QED) is 0.845. The maximum atomic E-state index is 12.3. The summed E-state index contributed by atoms with van der Waals surface area (Å²) in [5.74, 6) is 0.316. The van der Waals surface area contributed by atoms with Gasteiger partial charge in [0.15, 0.2) is 5.78 Å². The van der Waals surface area contributed by atoms with Crippen LogP contribution in [0.15, 0.2) is 42.5 Å². The highest BCUT2D eigenvalue weighted by Crippen LogP contribution is 2.26. The third-order valence-electron chi connectivity index (χ3n) is 3.15. The van der Waals surface area contributed by atoms with Crippen molar-refractivity contribution in [3.8, 4) is 11.5 Å². The summed E-state index contributed by atoms with van der Waals surface area (Å²) in [5.41, 5.74) is 2.04. The van der Waals surface area contributed by atoms with Crippen molar-refractivity contribution in [1.82, 2.24) is 0 Å². The second-order valence-electron chi connectivity index (χ2n) is 4.49. The molecule has 0 radical (unpaired) electrons. The number of aromatic hydroxyl groups is 1. The van der Waals surface area contributed by atoms with E-state index in [-0.39, 0.29) is 17.1 Å². The van der Waals surface area contributed by atoms with Gasteiger partial charge in [0.25, 0.3) is 0 Å². The predicted octanol–water partition coefficient (Wildman–Crippen LogP) is 3.58. The second kappa shape index (κ2) is 6.24. The number of benzene rings is 2. The van der Waals surface area contributed by atoms with Gasteiger partial charge in [-0.3, -0.25) is 4.79 Å². The fourth-order valence-electron chi connectivity index (χ4n) is 2.01. The molecule has 0 amide bonds. The number of carbonyl (C=O) groups excluding carboxylic acids is 1. The van der Waals surface area contributed by atoms with Crippen LogP contribution in [-0.4, -0.2) is 17.5 Å². The van der Waals surface area contributed by atoms with E-state index in [1.807, 2.05) is 19.1 Å². The average Bonchev–Trinajstić information content (AvgIpc) is 2.47. The molecule has 20 heavy (non-hydrogen) atoms. The summed E-state index contributed by atoms with van der Waals surface area (Å²) in [6.07, 6.45) is 0.933. The van der Waals surface area contributed by atoms with Gasteiger partial charge >= 0.3 is 0 Å². The summed E-state index contributed by atoms with van der Waals surface area (Å²) in [5, 5.41) is 9.95. The average molecular weight is 270 g/mol. The topological polar surface area (TPSA) is 46.5 Å². The SMILES string of the molecule is CCOc1ccc(C(=O)c2ccc(CC)cc2)c(O)c1. The zero-order valence-electron chi connectivity index (χ0n) is 11.7. The smallest absolute Gasteiger partial charge is 0.196 e. The van der Waals surface area contributed by atoms with E-state index in [0.29, 0.717) is 17.9 Å². The van der Waals surface area contributed by atoms with Crippen molar-refractivity contribution in [1.29, 1.82) is 0 Å². The summed E-state index contributed by atoms with van der Waals surface area (Å²) >= 11 is 0. The van der Waals surface area contributed by atoms with Gasteiger partial charge in [-0.05, 0) is 31.0 Å². The Balaban J connectivity index is 2.28. The number of hydrogen-bond donors (Lipinski definition) is 1. The van der Waals surface area contributed by atoms with E-state index in [1.165, 1.54) is 11.6 Å². The van der Waals surface area contributed by atoms with Crippen LogP contribution in [0.3, 0.4) is 0 Å². The van der Waals surface area contributed by atoms with Gasteiger partial charge in [-0.15, -0.1) is 0 Å². The number of ketones is 1. The molecule has 0 aliphatic carbocycles. The molecule has 3 heteroatoms. The van der Waals surface area contributed by atoms with Crippen molar-refractivity contribution >= 4 is 5.78 Å². The van der Waals surface area contributed by atoms with E-state index in [0.717, 1.165) is 6.42 Å². The standard InChI is InChI=1S/C17H18O3/c1-3-12-5-7-13(8-6-12)17(19)15-10-9-14(20-4-2)11-16(15)18/h5-11,18H,3-4H2,1-2H3. The van der Waals surface area contributed by atoms with Gasteiger partial charge in [-0.25, -0.2) is 0 Å². The molecule has 0 heterocycles. The molecule has 2 aromatic rings. The van der Waals surface area contributed by atoms with E-state index in [4.69, 9.17) is 4.74 Å². The maximum Gasteiger partial charge on any atom is 0.196 e. The van der Waals surface area contributed by atoms with Crippen LogP contribution in [0, 0.1) is 0 Å². The van der Waals surface area contributed by atoms with Crippen LogP contribution in [0.5, 0.6) is 11.5 Å². The zero-order chi connectivity index (χ0) is 14.5. The lowest BCUT2D eigenvalue weighted by atomic mass is 10.0. The molecule has 0 aliphatic rings. The van der Waals surface area contributed by atoms with Crippen LogP contribution in [0.25, 0.3) is 0 Å². The Morgan fingerprint density at radius 1 is 1.10 bits per heavy atom. The van der Waals surface area contributed by atoms with Crippen molar-refractivity contribution in [2.24, 2.45) is 0 Å². The number of phenols is 1. The molecule has 0 aliphatic heterocycles. The molecule has 0 unspecified atom stereocenters. The van der Waals surface area contributed by atoms with Crippen molar-refractivity contribution in [2.75, 3.05) is 6.61 Å². The first kappa shape index (κ1) is 14.1. The van der Waals surface area contributed by atoms with Crippen molar-refractivity contribution < 1.29 is 14.6 Å². The van der Waals surface area contributed by atoms with E-state index in [2.05, 4.69) is 6.92 Å². The lowest BCUT2D eigenvalue weighted by molar-refractivity contribution is 0.103. The molecular formula is C17H18O3. The number of hydrogen-bond acceptors (Lipinski definition) is 3. The van der Waals surface area contributed by atoms with Gasteiger partial charge in [-0.2, -0.15) is 0 Å². The Labute approximate surface area is 118 Å². The first-order valence-corrected chi connectivity index (χ1v) is 6.75. The molecule has 1 N–H and O–H groups in total. The third kappa shape index (κ3) is 2.99. The first-order chi connectivity index (χ1) is 9.65. The van der Waals surface area contributed by atoms with Crippen LogP contribution < -0.4 is 4.74 Å². The van der Waals surface area contributed by atoms with Crippen LogP contribution in [0.1, 0.15) is 35.3 Å². The fraction of sp³-hybridized carbons (Fsp3) is 0.235. The molecule has 0 saturated heterocycles. The van der Waals surface area contributed by atoms with Crippen molar-refractivity contribution in [3.05, 3.63) is 59.2 Å². The van der Waals surface area contributed by atoms with Gasteiger partial charge in [0.05, 0.1) is 12.2 Å². The van der Waals surface area contributed by atoms with Gasteiger partial charge in [0.2, 0.25) is 0 Å². The highest BCUT2D eigenvalue weighted by atomic mass is 16.5.